The number of hydrogen-bond acceptors (Lipinski definition) is 5. The first-order valence-corrected chi connectivity index (χ1v) is 10.3. The Bertz CT molecular complexity index is 855. The van der Waals surface area contributed by atoms with Gasteiger partial charge < -0.3 is 19.3 Å². The number of benzene rings is 2. The zero-order valence-electron chi connectivity index (χ0n) is 16.9. The topological polar surface area (TPSA) is 68.2 Å². The lowest BCUT2D eigenvalue weighted by molar-refractivity contribution is -0.145. The molecule has 0 radical (unpaired) electrons. The van der Waals surface area contributed by atoms with Crippen molar-refractivity contribution in [2.45, 2.75) is 31.3 Å². The Morgan fingerprint density at radius 2 is 1.72 bits per heavy atom. The number of rotatable bonds is 7. The number of hydrogen-bond donors (Lipinski definition) is 1. The molecule has 2 unspecified atom stereocenters. The molecule has 3 rings (SSSR count). The van der Waals surface area contributed by atoms with Crippen LogP contribution in [0.1, 0.15) is 36.4 Å². The number of ether oxygens (including phenoxy) is 3. The predicted molar refractivity (Wildman–Crippen MR) is 114 cm³/mol. The Hall–Kier alpha value is -2.25. The summed E-state index contributed by atoms with van der Waals surface area (Å²) in [4.78, 5) is 14.1. The van der Waals surface area contributed by atoms with Crippen molar-refractivity contribution in [1.29, 1.82) is 0 Å². The minimum absolute atomic E-state index is 0.292. The van der Waals surface area contributed by atoms with Crippen LogP contribution in [0.4, 0.5) is 0 Å². The number of nitrogens with zero attached hydrogens (tertiary/aromatic N) is 1. The van der Waals surface area contributed by atoms with Crippen molar-refractivity contribution in [3.63, 3.8) is 0 Å². The zero-order valence-corrected chi connectivity index (χ0v) is 18.4. The molecule has 156 valence electrons. The lowest BCUT2D eigenvalue weighted by Crippen LogP contribution is -2.46. The Kier molecular flexibility index (Phi) is 7.03. The summed E-state index contributed by atoms with van der Waals surface area (Å²) in [6.45, 7) is 0.690. The monoisotopic (exact) mass is 463 g/mol. The molecule has 2 aromatic carbocycles. The highest BCUT2D eigenvalue weighted by atomic mass is 79.9. The van der Waals surface area contributed by atoms with E-state index in [1.54, 1.807) is 21.3 Å². The normalized spacial score (nSPS) is 18.1. The molecule has 0 saturated carbocycles. The molecule has 2 aromatic rings. The van der Waals surface area contributed by atoms with Gasteiger partial charge in [-0.25, -0.2) is 0 Å². The van der Waals surface area contributed by atoms with E-state index in [0.717, 1.165) is 28.4 Å². The second-order valence-corrected chi connectivity index (χ2v) is 7.88. The summed E-state index contributed by atoms with van der Waals surface area (Å²) in [5.74, 6) is 0.815. The van der Waals surface area contributed by atoms with Crippen LogP contribution in [0.25, 0.3) is 0 Å². The largest absolute Gasteiger partial charge is 0.493 e. The Morgan fingerprint density at radius 1 is 1.03 bits per heavy atom. The average molecular weight is 464 g/mol. The van der Waals surface area contributed by atoms with E-state index >= 15 is 0 Å². The van der Waals surface area contributed by atoms with Gasteiger partial charge in [0.05, 0.1) is 27.4 Å². The van der Waals surface area contributed by atoms with Crippen LogP contribution < -0.4 is 14.2 Å². The first kappa shape index (κ1) is 21.5. The van der Waals surface area contributed by atoms with E-state index in [0.29, 0.717) is 30.2 Å². The predicted octanol–water partition coefficient (Wildman–Crippen LogP) is 4.50. The molecule has 6 nitrogen and oxygen atoms in total. The third-order valence-corrected chi connectivity index (χ3v) is 5.90. The molecule has 0 bridgehead atoms. The molecule has 0 spiro atoms. The molecule has 1 aliphatic rings. The number of methoxy groups -OCH3 is 3. The van der Waals surface area contributed by atoms with E-state index in [9.17, 15) is 9.90 Å². The van der Waals surface area contributed by atoms with Gasteiger partial charge in [-0.15, -0.1) is 0 Å². The van der Waals surface area contributed by atoms with Gasteiger partial charge in [-0.2, -0.15) is 0 Å². The summed E-state index contributed by atoms with van der Waals surface area (Å²) < 4.78 is 17.7. The number of carbonyl (C=O) groups is 1. The molecule has 0 aliphatic carbocycles. The van der Waals surface area contributed by atoms with E-state index < -0.39 is 12.0 Å². The van der Waals surface area contributed by atoms with Crippen LogP contribution in [0.2, 0.25) is 0 Å². The second-order valence-electron chi connectivity index (χ2n) is 6.97. The SMILES string of the molecule is COc1ccc(C(c2ccc(Br)cc2)N2CCCCC2C(=O)O)c(OC)c1OC. The summed E-state index contributed by atoms with van der Waals surface area (Å²) in [7, 11) is 4.73. The quantitative estimate of drug-likeness (QED) is 0.651. The Balaban J connectivity index is 2.20. The highest BCUT2D eigenvalue weighted by Crippen LogP contribution is 2.46. The molecule has 1 aliphatic heterocycles. The van der Waals surface area contributed by atoms with E-state index in [-0.39, 0.29) is 6.04 Å². The molecular formula is C22H26BrNO5. The van der Waals surface area contributed by atoms with Crippen molar-refractivity contribution in [1.82, 2.24) is 4.90 Å². The number of aliphatic carboxylic acids is 1. The maximum Gasteiger partial charge on any atom is 0.320 e. The van der Waals surface area contributed by atoms with Crippen LogP contribution >= 0.6 is 15.9 Å². The fourth-order valence-corrected chi connectivity index (χ4v) is 4.33. The van der Waals surface area contributed by atoms with Crippen molar-refractivity contribution in [3.8, 4) is 17.2 Å². The molecular weight excluding hydrogens is 438 g/mol. The number of carboxylic acids is 1. The highest BCUT2D eigenvalue weighted by Gasteiger charge is 2.37. The van der Waals surface area contributed by atoms with Gasteiger partial charge in [-0.3, -0.25) is 9.69 Å². The first-order chi connectivity index (χ1) is 14.0. The second kappa shape index (κ2) is 9.50. The van der Waals surface area contributed by atoms with Crippen LogP contribution in [0.3, 0.4) is 0 Å². The van der Waals surface area contributed by atoms with Crippen molar-refractivity contribution in [3.05, 3.63) is 52.0 Å². The molecule has 1 heterocycles. The fraction of sp³-hybridized carbons (Fsp3) is 0.409. The van der Waals surface area contributed by atoms with E-state index in [4.69, 9.17) is 14.2 Å². The third-order valence-electron chi connectivity index (χ3n) is 5.38. The summed E-state index contributed by atoms with van der Waals surface area (Å²) in [5.41, 5.74) is 1.84. The number of carboxylic acid groups (broad SMARTS) is 1. The van der Waals surface area contributed by atoms with Gasteiger partial charge in [-0.05, 0) is 49.2 Å². The molecule has 7 heteroatoms. The van der Waals surface area contributed by atoms with Crippen molar-refractivity contribution in [2.24, 2.45) is 0 Å². The molecule has 1 N–H and O–H groups in total. The fourth-order valence-electron chi connectivity index (χ4n) is 4.06. The van der Waals surface area contributed by atoms with Gasteiger partial charge in [-0.1, -0.05) is 34.5 Å². The lowest BCUT2D eigenvalue weighted by atomic mass is 9.91. The van der Waals surface area contributed by atoms with Crippen LogP contribution in [0.15, 0.2) is 40.9 Å². The summed E-state index contributed by atoms with van der Waals surface area (Å²) in [6, 6.07) is 10.9. The number of halogens is 1. The molecule has 2 atom stereocenters. The minimum atomic E-state index is -0.800. The molecule has 1 fully saturated rings. The van der Waals surface area contributed by atoms with Gasteiger partial charge in [0.1, 0.15) is 6.04 Å². The van der Waals surface area contributed by atoms with Crippen LogP contribution in [-0.4, -0.2) is 49.9 Å². The number of piperidine rings is 1. The Labute approximate surface area is 179 Å². The molecule has 0 aromatic heterocycles. The van der Waals surface area contributed by atoms with Gasteiger partial charge in [0.2, 0.25) is 5.75 Å². The van der Waals surface area contributed by atoms with Crippen molar-refractivity contribution in [2.75, 3.05) is 27.9 Å². The Morgan fingerprint density at radius 3 is 2.31 bits per heavy atom. The van der Waals surface area contributed by atoms with Crippen LogP contribution in [-0.2, 0) is 4.79 Å². The van der Waals surface area contributed by atoms with Crippen molar-refractivity contribution >= 4 is 21.9 Å². The maximum absolute atomic E-state index is 12.0. The van der Waals surface area contributed by atoms with Gasteiger partial charge in [0.15, 0.2) is 11.5 Å². The molecule has 29 heavy (non-hydrogen) atoms. The molecule has 1 saturated heterocycles. The summed E-state index contributed by atoms with van der Waals surface area (Å²) >= 11 is 3.48. The maximum atomic E-state index is 12.0. The average Bonchev–Trinajstić information content (AvgIpc) is 2.74. The summed E-state index contributed by atoms with van der Waals surface area (Å²) in [6.07, 6.45) is 2.48. The summed E-state index contributed by atoms with van der Waals surface area (Å²) in [5, 5.41) is 9.88. The van der Waals surface area contributed by atoms with E-state index in [2.05, 4.69) is 20.8 Å². The van der Waals surface area contributed by atoms with Gasteiger partial charge in [0, 0.05) is 10.0 Å². The van der Waals surface area contributed by atoms with Gasteiger partial charge >= 0.3 is 5.97 Å². The highest BCUT2D eigenvalue weighted by molar-refractivity contribution is 9.10. The minimum Gasteiger partial charge on any atom is -0.493 e. The lowest BCUT2D eigenvalue weighted by Gasteiger charge is -2.40. The van der Waals surface area contributed by atoms with E-state index in [1.807, 2.05) is 36.4 Å². The smallest absolute Gasteiger partial charge is 0.320 e. The van der Waals surface area contributed by atoms with Gasteiger partial charge in [0.25, 0.3) is 0 Å². The van der Waals surface area contributed by atoms with E-state index in [1.165, 1.54) is 0 Å². The molecule has 0 amide bonds. The first-order valence-electron chi connectivity index (χ1n) is 9.54. The standard InChI is InChI=1S/C22H26BrNO5/c1-27-18-12-11-16(20(28-2)21(18)29-3)19(14-7-9-15(23)10-8-14)24-13-5-4-6-17(24)22(25)26/h7-12,17,19H,4-6,13H2,1-3H3,(H,25,26). The third kappa shape index (κ3) is 4.36. The number of likely N-dealkylation sites (tertiary alicyclic amines) is 1. The zero-order chi connectivity index (χ0) is 21.0. The van der Waals surface area contributed by atoms with Crippen LogP contribution in [0, 0.1) is 0 Å². The van der Waals surface area contributed by atoms with Crippen molar-refractivity contribution < 1.29 is 24.1 Å². The van der Waals surface area contributed by atoms with Crippen LogP contribution in [0.5, 0.6) is 17.2 Å².